The van der Waals surface area contributed by atoms with E-state index < -0.39 is 11.7 Å². The highest BCUT2D eigenvalue weighted by atomic mass is 35.5. The molecule has 1 amide bonds. The molecule has 0 spiro atoms. The second-order valence-electron chi connectivity index (χ2n) is 4.57. The molecule has 0 aromatic carbocycles. The summed E-state index contributed by atoms with van der Waals surface area (Å²) in [6.45, 7) is 3.89. The lowest BCUT2D eigenvalue weighted by Crippen LogP contribution is -2.14. The van der Waals surface area contributed by atoms with Gasteiger partial charge >= 0.3 is 0 Å². The fourth-order valence-electron chi connectivity index (χ4n) is 1.62. The Morgan fingerprint density at radius 1 is 1.40 bits per heavy atom. The van der Waals surface area contributed by atoms with Gasteiger partial charge in [0.2, 0.25) is 0 Å². The Morgan fingerprint density at radius 2 is 2.15 bits per heavy atom. The molecule has 0 fully saturated rings. The third-order valence-corrected chi connectivity index (χ3v) is 2.88. The van der Waals surface area contributed by atoms with Gasteiger partial charge in [-0.3, -0.25) is 9.78 Å². The van der Waals surface area contributed by atoms with Crippen LogP contribution in [0.5, 0.6) is 0 Å². The van der Waals surface area contributed by atoms with E-state index in [1.165, 1.54) is 18.3 Å². The number of halogens is 2. The van der Waals surface area contributed by atoms with Crippen LogP contribution in [0.25, 0.3) is 0 Å². The quantitative estimate of drug-likeness (QED) is 0.879. The van der Waals surface area contributed by atoms with Gasteiger partial charge in [-0.05, 0) is 24.1 Å². The minimum Gasteiger partial charge on any atom is -0.319 e. The van der Waals surface area contributed by atoms with Gasteiger partial charge in [-0.15, -0.1) is 0 Å². The zero-order valence-corrected chi connectivity index (χ0v) is 11.8. The Bertz CT molecular complexity index is 646. The Hall–Kier alpha value is -2.01. The van der Waals surface area contributed by atoms with Crippen LogP contribution in [0.1, 0.15) is 35.8 Å². The van der Waals surface area contributed by atoms with E-state index in [4.69, 9.17) is 11.6 Å². The molecule has 2 aromatic heterocycles. The van der Waals surface area contributed by atoms with Crippen LogP contribution in [0, 0.1) is 5.82 Å². The van der Waals surface area contributed by atoms with Crippen LogP contribution in [0.2, 0.25) is 5.15 Å². The largest absolute Gasteiger partial charge is 0.319 e. The number of carbonyl (C=O) groups excluding carboxylic acids is 1. The van der Waals surface area contributed by atoms with Crippen LogP contribution in [0.15, 0.2) is 30.6 Å². The molecule has 0 aliphatic carbocycles. The van der Waals surface area contributed by atoms with E-state index in [0.29, 0.717) is 11.3 Å². The molecule has 0 aliphatic heterocycles. The van der Waals surface area contributed by atoms with Gasteiger partial charge in [0, 0.05) is 17.5 Å². The van der Waals surface area contributed by atoms with Crippen LogP contribution in [0.3, 0.4) is 0 Å². The van der Waals surface area contributed by atoms with Gasteiger partial charge in [0.25, 0.3) is 5.91 Å². The van der Waals surface area contributed by atoms with Gasteiger partial charge in [0.1, 0.15) is 5.15 Å². The molecule has 0 saturated carbocycles. The molecule has 6 heteroatoms. The summed E-state index contributed by atoms with van der Waals surface area (Å²) in [6.07, 6.45) is 2.44. The molecule has 2 heterocycles. The van der Waals surface area contributed by atoms with Crippen LogP contribution in [-0.4, -0.2) is 15.9 Å². The summed E-state index contributed by atoms with van der Waals surface area (Å²) in [5.41, 5.74) is 1.12. The topological polar surface area (TPSA) is 54.9 Å². The summed E-state index contributed by atoms with van der Waals surface area (Å²) in [7, 11) is 0. The highest BCUT2D eigenvalue weighted by molar-refractivity contribution is 6.29. The Balaban J connectivity index is 2.28. The second kappa shape index (κ2) is 5.96. The maximum atomic E-state index is 13.4. The number of anilines is 1. The molecule has 2 aromatic rings. The van der Waals surface area contributed by atoms with E-state index in [-0.39, 0.29) is 16.8 Å². The van der Waals surface area contributed by atoms with Crippen molar-refractivity contribution in [2.75, 3.05) is 5.32 Å². The van der Waals surface area contributed by atoms with E-state index in [2.05, 4.69) is 15.3 Å². The molecule has 0 unspecified atom stereocenters. The predicted octanol–water partition coefficient (Wildman–Crippen LogP) is 3.64. The van der Waals surface area contributed by atoms with Crippen molar-refractivity contribution in [3.8, 4) is 0 Å². The van der Waals surface area contributed by atoms with Gasteiger partial charge in [-0.2, -0.15) is 0 Å². The lowest BCUT2D eigenvalue weighted by molar-refractivity contribution is 0.102. The van der Waals surface area contributed by atoms with Crippen LogP contribution >= 0.6 is 11.6 Å². The van der Waals surface area contributed by atoms with Crippen molar-refractivity contribution in [3.63, 3.8) is 0 Å². The van der Waals surface area contributed by atoms with Gasteiger partial charge in [-0.1, -0.05) is 25.4 Å². The molecular formula is C14H13ClFN3O. The van der Waals surface area contributed by atoms with Crippen LogP contribution < -0.4 is 5.32 Å². The number of nitrogens with zero attached hydrogens (tertiary/aromatic N) is 2. The average Bonchev–Trinajstić information content (AvgIpc) is 2.40. The van der Waals surface area contributed by atoms with E-state index in [1.54, 1.807) is 6.07 Å². The normalized spacial score (nSPS) is 10.7. The molecule has 0 aliphatic rings. The number of nitrogens with one attached hydrogen (secondary N) is 1. The predicted molar refractivity (Wildman–Crippen MR) is 75.5 cm³/mol. The van der Waals surface area contributed by atoms with Gasteiger partial charge in [0.05, 0.1) is 11.9 Å². The van der Waals surface area contributed by atoms with Crippen molar-refractivity contribution in [2.45, 2.75) is 19.8 Å². The average molecular weight is 294 g/mol. The standard InChI is InChI=1S/C14H13ClFN3O/c1-8(2)12-5-9(6-13(15)18-12)14(20)19-11-3-4-17-7-10(11)16/h3-8H,1-2H3,(H,17,19,20). The number of aromatic nitrogens is 2. The van der Waals surface area contributed by atoms with Crippen molar-refractivity contribution in [1.82, 2.24) is 9.97 Å². The first-order valence-electron chi connectivity index (χ1n) is 6.05. The summed E-state index contributed by atoms with van der Waals surface area (Å²) in [5.74, 6) is -0.899. The first kappa shape index (κ1) is 14.4. The minimum atomic E-state index is -0.593. The van der Waals surface area contributed by atoms with Crippen LogP contribution in [0.4, 0.5) is 10.1 Å². The number of hydrogen-bond donors (Lipinski definition) is 1. The van der Waals surface area contributed by atoms with Crippen molar-refractivity contribution >= 4 is 23.2 Å². The summed E-state index contributed by atoms with van der Waals surface area (Å²) in [5, 5.41) is 2.71. The maximum absolute atomic E-state index is 13.4. The smallest absolute Gasteiger partial charge is 0.255 e. The fourth-order valence-corrected chi connectivity index (χ4v) is 1.83. The number of rotatable bonds is 3. The van der Waals surface area contributed by atoms with Gasteiger partial charge < -0.3 is 5.32 Å². The summed E-state index contributed by atoms with van der Waals surface area (Å²) < 4.78 is 13.4. The number of hydrogen-bond acceptors (Lipinski definition) is 3. The first-order valence-corrected chi connectivity index (χ1v) is 6.43. The SMILES string of the molecule is CC(C)c1cc(C(=O)Nc2ccncc2F)cc(Cl)n1. The van der Waals surface area contributed by atoms with Crippen molar-refractivity contribution in [3.05, 3.63) is 52.8 Å². The van der Waals surface area contributed by atoms with Crippen LogP contribution in [-0.2, 0) is 0 Å². The minimum absolute atomic E-state index is 0.0732. The zero-order valence-electron chi connectivity index (χ0n) is 11.0. The van der Waals surface area contributed by atoms with Crippen molar-refractivity contribution in [2.24, 2.45) is 0 Å². The lowest BCUT2D eigenvalue weighted by Gasteiger charge is -2.09. The molecule has 2 rings (SSSR count). The first-order chi connectivity index (χ1) is 9.47. The molecule has 104 valence electrons. The third kappa shape index (κ3) is 3.30. The monoisotopic (exact) mass is 293 g/mol. The lowest BCUT2D eigenvalue weighted by atomic mass is 10.1. The summed E-state index contributed by atoms with van der Waals surface area (Å²) >= 11 is 5.90. The van der Waals surface area contributed by atoms with Crippen molar-refractivity contribution in [1.29, 1.82) is 0 Å². The Kier molecular flexibility index (Phi) is 4.29. The number of amides is 1. The number of pyridine rings is 2. The molecular weight excluding hydrogens is 281 g/mol. The Morgan fingerprint density at radius 3 is 2.80 bits per heavy atom. The van der Waals surface area contributed by atoms with Crippen molar-refractivity contribution < 1.29 is 9.18 Å². The highest BCUT2D eigenvalue weighted by Gasteiger charge is 2.13. The molecule has 20 heavy (non-hydrogen) atoms. The van der Waals surface area contributed by atoms with E-state index in [0.717, 1.165) is 6.20 Å². The van der Waals surface area contributed by atoms with Gasteiger partial charge in [-0.25, -0.2) is 9.37 Å². The molecule has 0 radical (unpaired) electrons. The summed E-state index contributed by atoms with van der Waals surface area (Å²) in [4.78, 5) is 19.9. The molecule has 1 N–H and O–H groups in total. The zero-order chi connectivity index (χ0) is 14.7. The molecule has 0 bridgehead atoms. The highest BCUT2D eigenvalue weighted by Crippen LogP contribution is 2.19. The van der Waals surface area contributed by atoms with E-state index >= 15 is 0 Å². The van der Waals surface area contributed by atoms with E-state index in [1.807, 2.05) is 13.8 Å². The number of carbonyl (C=O) groups is 1. The van der Waals surface area contributed by atoms with E-state index in [9.17, 15) is 9.18 Å². The maximum Gasteiger partial charge on any atom is 0.255 e. The third-order valence-electron chi connectivity index (χ3n) is 2.69. The van der Waals surface area contributed by atoms with Gasteiger partial charge in [0.15, 0.2) is 5.82 Å². The fraction of sp³-hybridized carbons (Fsp3) is 0.214. The molecule has 0 atom stereocenters. The summed E-state index contributed by atoms with van der Waals surface area (Å²) in [6, 6.07) is 4.48. The second-order valence-corrected chi connectivity index (χ2v) is 4.96. The molecule has 4 nitrogen and oxygen atoms in total. The Labute approximate surface area is 121 Å². The molecule has 0 saturated heterocycles.